The summed E-state index contributed by atoms with van der Waals surface area (Å²) < 4.78 is 5.26. The van der Waals surface area contributed by atoms with E-state index >= 15 is 0 Å². The molecular formula is C20H22N4O2. The van der Waals surface area contributed by atoms with Crippen LogP contribution in [0.4, 0.5) is 0 Å². The highest BCUT2D eigenvalue weighted by Gasteiger charge is 2.19. The number of benzene rings is 1. The topological polar surface area (TPSA) is 72.1 Å². The maximum atomic E-state index is 12.7. The first kappa shape index (κ1) is 17.8. The van der Waals surface area contributed by atoms with Crippen molar-refractivity contribution < 1.29 is 9.32 Å². The van der Waals surface area contributed by atoms with Crippen LogP contribution >= 0.6 is 0 Å². The zero-order chi connectivity index (χ0) is 18.4. The molecule has 1 amide bonds. The van der Waals surface area contributed by atoms with Crippen molar-refractivity contribution in [2.75, 3.05) is 0 Å². The number of hydrogen-bond acceptors (Lipinski definition) is 5. The second kappa shape index (κ2) is 8.38. The fourth-order valence-corrected chi connectivity index (χ4v) is 2.65. The van der Waals surface area contributed by atoms with Crippen LogP contribution in [0, 0.1) is 0 Å². The van der Waals surface area contributed by atoms with Crippen LogP contribution in [0.15, 0.2) is 59.3 Å². The third-order valence-electron chi connectivity index (χ3n) is 4.05. The molecule has 3 aromatic rings. The molecule has 1 aromatic carbocycles. The lowest BCUT2D eigenvalue weighted by Gasteiger charge is -2.26. The van der Waals surface area contributed by atoms with E-state index in [0.717, 1.165) is 5.56 Å². The van der Waals surface area contributed by atoms with Gasteiger partial charge in [-0.3, -0.25) is 9.78 Å². The number of hydrogen-bond donors (Lipinski definition) is 0. The number of nitrogens with zero attached hydrogens (tertiary/aromatic N) is 4. The van der Waals surface area contributed by atoms with E-state index in [1.807, 2.05) is 67.3 Å². The molecule has 0 atom stereocenters. The van der Waals surface area contributed by atoms with Gasteiger partial charge in [-0.1, -0.05) is 41.6 Å². The predicted octanol–water partition coefficient (Wildman–Crippen LogP) is 3.50. The van der Waals surface area contributed by atoms with Gasteiger partial charge < -0.3 is 9.42 Å². The van der Waals surface area contributed by atoms with Crippen LogP contribution in [-0.4, -0.2) is 32.0 Å². The summed E-state index contributed by atoms with van der Waals surface area (Å²) in [6.45, 7) is 4.64. The van der Waals surface area contributed by atoms with Crippen molar-refractivity contribution >= 4 is 5.91 Å². The van der Waals surface area contributed by atoms with E-state index in [-0.39, 0.29) is 11.9 Å². The van der Waals surface area contributed by atoms with Gasteiger partial charge in [-0.05, 0) is 31.5 Å². The van der Waals surface area contributed by atoms with E-state index < -0.39 is 0 Å². The van der Waals surface area contributed by atoms with Crippen molar-refractivity contribution in [1.82, 2.24) is 20.0 Å². The van der Waals surface area contributed by atoms with E-state index in [9.17, 15) is 4.79 Å². The molecule has 6 nitrogen and oxygen atoms in total. The first-order valence-corrected chi connectivity index (χ1v) is 8.71. The normalized spacial score (nSPS) is 10.9. The first-order chi connectivity index (χ1) is 12.6. The maximum Gasteiger partial charge on any atom is 0.227 e. The van der Waals surface area contributed by atoms with Crippen LogP contribution in [0.25, 0.3) is 11.5 Å². The van der Waals surface area contributed by atoms with Crippen LogP contribution in [0.1, 0.15) is 31.7 Å². The summed E-state index contributed by atoms with van der Waals surface area (Å²) in [5.41, 5.74) is 1.77. The Bertz CT molecular complexity index is 831. The van der Waals surface area contributed by atoms with Crippen LogP contribution in [0.5, 0.6) is 0 Å². The van der Waals surface area contributed by atoms with Gasteiger partial charge in [-0.15, -0.1) is 0 Å². The van der Waals surface area contributed by atoms with E-state index in [1.165, 1.54) is 0 Å². The van der Waals surface area contributed by atoms with Gasteiger partial charge in [0.25, 0.3) is 0 Å². The quantitative estimate of drug-likeness (QED) is 0.652. The van der Waals surface area contributed by atoms with E-state index in [0.29, 0.717) is 36.8 Å². The number of carbonyl (C=O) groups is 1. The number of pyridine rings is 1. The highest BCUT2D eigenvalue weighted by atomic mass is 16.5. The van der Waals surface area contributed by atoms with Crippen LogP contribution in [-0.2, 0) is 17.8 Å². The van der Waals surface area contributed by atoms with Crippen molar-refractivity contribution in [3.8, 4) is 11.5 Å². The minimum atomic E-state index is 0.0708. The molecule has 0 aliphatic carbocycles. The second-order valence-corrected chi connectivity index (χ2v) is 6.33. The van der Waals surface area contributed by atoms with Crippen molar-refractivity contribution in [1.29, 1.82) is 0 Å². The standard InChI is InChI=1S/C20H22N4O2/c1-15(2)24(14-16-8-4-3-5-9-16)19(25)12-11-18-22-20(23-26-18)17-10-6-7-13-21-17/h3-10,13,15H,11-12,14H2,1-2H3. The molecule has 0 saturated carbocycles. The smallest absolute Gasteiger partial charge is 0.227 e. The highest BCUT2D eigenvalue weighted by molar-refractivity contribution is 5.76. The SMILES string of the molecule is CC(C)N(Cc1ccccc1)C(=O)CCc1nc(-c2ccccn2)no1. The summed E-state index contributed by atoms with van der Waals surface area (Å²) in [5, 5.41) is 3.94. The van der Waals surface area contributed by atoms with Gasteiger partial charge in [0.1, 0.15) is 5.69 Å². The van der Waals surface area contributed by atoms with Gasteiger partial charge >= 0.3 is 0 Å². The molecule has 0 unspecified atom stereocenters. The second-order valence-electron chi connectivity index (χ2n) is 6.33. The number of aromatic nitrogens is 3. The van der Waals surface area contributed by atoms with Gasteiger partial charge in [0, 0.05) is 31.6 Å². The Balaban J connectivity index is 1.61. The van der Waals surface area contributed by atoms with Gasteiger partial charge in [0.15, 0.2) is 0 Å². The number of aryl methyl sites for hydroxylation is 1. The number of carbonyl (C=O) groups excluding carboxylic acids is 1. The number of amides is 1. The molecule has 0 spiro atoms. The largest absolute Gasteiger partial charge is 0.339 e. The molecule has 0 radical (unpaired) electrons. The molecule has 3 rings (SSSR count). The molecule has 0 N–H and O–H groups in total. The molecular weight excluding hydrogens is 328 g/mol. The monoisotopic (exact) mass is 350 g/mol. The Kier molecular flexibility index (Phi) is 5.73. The van der Waals surface area contributed by atoms with Crippen molar-refractivity contribution in [2.45, 2.75) is 39.3 Å². The molecule has 26 heavy (non-hydrogen) atoms. The van der Waals surface area contributed by atoms with Gasteiger partial charge in [-0.2, -0.15) is 4.98 Å². The Labute approximate surface area is 152 Å². The summed E-state index contributed by atoms with van der Waals surface area (Å²) in [6.07, 6.45) is 2.42. The minimum Gasteiger partial charge on any atom is -0.339 e. The van der Waals surface area contributed by atoms with Gasteiger partial charge in [0.2, 0.25) is 17.6 Å². The first-order valence-electron chi connectivity index (χ1n) is 8.71. The lowest BCUT2D eigenvalue weighted by molar-refractivity contribution is -0.133. The minimum absolute atomic E-state index is 0.0708. The summed E-state index contributed by atoms with van der Waals surface area (Å²) in [4.78, 5) is 23.1. The third kappa shape index (κ3) is 4.53. The molecule has 0 saturated heterocycles. The molecule has 6 heteroatoms. The zero-order valence-electron chi connectivity index (χ0n) is 15.0. The van der Waals surface area contributed by atoms with E-state index in [4.69, 9.17) is 4.52 Å². The Morgan fingerprint density at radius 1 is 1.12 bits per heavy atom. The Morgan fingerprint density at radius 3 is 2.58 bits per heavy atom. The highest BCUT2D eigenvalue weighted by Crippen LogP contribution is 2.15. The average molecular weight is 350 g/mol. The van der Waals surface area contributed by atoms with Crippen molar-refractivity contribution in [3.05, 3.63) is 66.2 Å². The van der Waals surface area contributed by atoms with Gasteiger partial charge in [-0.25, -0.2) is 0 Å². The van der Waals surface area contributed by atoms with Crippen LogP contribution in [0.2, 0.25) is 0 Å². The lowest BCUT2D eigenvalue weighted by atomic mass is 10.1. The predicted molar refractivity (Wildman–Crippen MR) is 98.0 cm³/mol. The third-order valence-corrected chi connectivity index (χ3v) is 4.05. The molecule has 2 heterocycles. The van der Waals surface area contributed by atoms with Gasteiger partial charge in [0.05, 0.1) is 0 Å². The average Bonchev–Trinajstić information content (AvgIpc) is 3.14. The summed E-state index contributed by atoms with van der Waals surface area (Å²) >= 11 is 0. The van der Waals surface area contributed by atoms with Crippen LogP contribution < -0.4 is 0 Å². The molecule has 2 aromatic heterocycles. The lowest BCUT2D eigenvalue weighted by Crippen LogP contribution is -2.36. The number of rotatable bonds is 7. The molecule has 0 aliphatic rings. The summed E-state index contributed by atoms with van der Waals surface area (Å²) in [5.74, 6) is 0.960. The Hall–Kier alpha value is -3.02. The van der Waals surface area contributed by atoms with Crippen molar-refractivity contribution in [2.24, 2.45) is 0 Å². The Morgan fingerprint density at radius 2 is 1.88 bits per heavy atom. The molecule has 134 valence electrons. The summed E-state index contributed by atoms with van der Waals surface area (Å²) in [6, 6.07) is 15.6. The van der Waals surface area contributed by atoms with Crippen LogP contribution in [0.3, 0.4) is 0 Å². The fourth-order valence-electron chi connectivity index (χ4n) is 2.65. The zero-order valence-corrected chi connectivity index (χ0v) is 15.0. The molecule has 0 bridgehead atoms. The maximum absolute atomic E-state index is 12.7. The molecule has 0 aliphatic heterocycles. The summed E-state index contributed by atoms with van der Waals surface area (Å²) in [7, 11) is 0. The molecule has 0 fully saturated rings. The van der Waals surface area contributed by atoms with Crippen molar-refractivity contribution in [3.63, 3.8) is 0 Å². The van der Waals surface area contributed by atoms with E-state index in [2.05, 4.69) is 15.1 Å². The fraction of sp³-hybridized carbons (Fsp3) is 0.300. The van der Waals surface area contributed by atoms with E-state index in [1.54, 1.807) is 6.20 Å².